The van der Waals surface area contributed by atoms with Crippen molar-refractivity contribution < 1.29 is 37.7 Å². The van der Waals surface area contributed by atoms with Crippen molar-refractivity contribution in [2.24, 2.45) is 5.16 Å². The van der Waals surface area contributed by atoms with Crippen LogP contribution in [0.5, 0.6) is 11.5 Å². The number of halogens is 2. The summed E-state index contributed by atoms with van der Waals surface area (Å²) >= 11 is 0. The van der Waals surface area contributed by atoms with Gasteiger partial charge in [0, 0.05) is 18.4 Å². The first-order chi connectivity index (χ1) is 12.4. The molecule has 2 aliphatic rings. The number of carboxylic acid groups (broad SMARTS) is 1. The molecule has 2 unspecified atom stereocenters. The summed E-state index contributed by atoms with van der Waals surface area (Å²) in [6, 6.07) is 4.31. The van der Waals surface area contributed by atoms with Gasteiger partial charge >= 0.3 is 12.6 Å². The van der Waals surface area contributed by atoms with Crippen molar-refractivity contribution in [2.45, 2.75) is 44.5 Å². The molecule has 2 aliphatic heterocycles. The highest BCUT2D eigenvalue weighted by atomic mass is 19.3. The highest BCUT2D eigenvalue weighted by Gasteiger charge is 2.43. The normalized spacial score (nSPS) is 23.0. The van der Waals surface area contributed by atoms with Crippen molar-refractivity contribution in [3.8, 4) is 11.5 Å². The number of nitrogens with zero attached hydrogens (tertiary/aromatic N) is 1. The van der Waals surface area contributed by atoms with Crippen LogP contribution in [0, 0.1) is 0 Å². The maximum Gasteiger partial charge on any atom is 0.387 e. The third kappa shape index (κ3) is 3.87. The molecule has 26 heavy (non-hydrogen) atoms. The lowest BCUT2D eigenvalue weighted by molar-refractivity contribution is -0.145. The number of rotatable bonds is 7. The van der Waals surface area contributed by atoms with Crippen LogP contribution in [0.2, 0.25) is 0 Å². The molecule has 1 fully saturated rings. The number of aliphatic carboxylic acids is 1. The van der Waals surface area contributed by atoms with Crippen molar-refractivity contribution in [1.82, 2.24) is 0 Å². The second kappa shape index (κ2) is 7.45. The molecule has 0 amide bonds. The molecular weight excluding hydrogens is 352 g/mol. The number of benzene rings is 1. The summed E-state index contributed by atoms with van der Waals surface area (Å²) in [5, 5.41) is 13.2. The van der Waals surface area contributed by atoms with Crippen LogP contribution in [0.15, 0.2) is 23.4 Å². The predicted molar refractivity (Wildman–Crippen MR) is 85.8 cm³/mol. The van der Waals surface area contributed by atoms with Crippen molar-refractivity contribution in [3.05, 3.63) is 23.8 Å². The number of carbonyl (C=O) groups is 1. The van der Waals surface area contributed by atoms with E-state index in [1.165, 1.54) is 12.1 Å². The van der Waals surface area contributed by atoms with Gasteiger partial charge in [-0.15, -0.1) is 0 Å². The maximum atomic E-state index is 12.6. The van der Waals surface area contributed by atoms with E-state index >= 15 is 0 Å². The lowest BCUT2D eigenvalue weighted by atomic mass is 9.93. The molecule has 0 bridgehead atoms. The van der Waals surface area contributed by atoms with Gasteiger partial charge in [-0.05, 0) is 24.6 Å². The van der Waals surface area contributed by atoms with E-state index in [9.17, 15) is 13.6 Å². The third-order valence-electron chi connectivity index (χ3n) is 4.31. The Morgan fingerprint density at radius 3 is 2.81 bits per heavy atom. The lowest BCUT2D eigenvalue weighted by Crippen LogP contribution is -2.29. The third-order valence-corrected chi connectivity index (χ3v) is 4.31. The van der Waals surface area contributed by atoms with Crippen LogP contribution in [0.25, 0.3) is 0 Å². The van der Waals surface area contributed by atoms with E-state index < -0.39 is 24.3 Å². The molecule has 1 N–H and O–H groups in total. The van der Waals surface area contributed by atoms with Gasteiger partial charge in [0.1, 0.15) is 0 Å². The molecular formula is C17H19F2NO6. The second-order valence-corrected chi connectivity index (χ2v) is 6.18. The monoisotopic (exact) mass is 371 g/mol. The summed E-state index contributed by atoms with van der Waals surface area (Å²) in [6.07, 6.45) is 0.212. The van der Waals surface area contributed by atoms with Crippen molar-refractivity contribution >= 4 is 11.7 Å². The fourth-order valence-electron chi connectivity index (χ4n) is 2.91. The Morgan fingerprint density at radius 1 is 1.38 bits per heavy atom. The number of hydrogen-bond donors (Lipinski definition) is 1. The van der Waals surface area contributed by atoms with Gasteiger partial charge in [0.2, 0.25) is 0 Å². The smallest absolute Gasteiger partial charge is 0.387 e. The summed E-state index contributed by atoms with van der Waals surface area (Å²) in [4.78, 5) is 16.7. The predicted octanol–water partition coefficient (Wildman–Crippen LogP) is 2.81. The Labute approximate surface area is 148 Å². The quantitative estimate of drug-likeness (QED) is 0.793. The summed E-state index contributed by atoms with van der Waals surface area (Å²) in [5.41, 5.74) is 0.722. The first-order valence-corrected chi connectivity index (χ1v) is 8.24. The summed E-state index contributed by atoms with van der Waals surface area (Å²) in [6.45, 7) is -0.407. The van der Waals surface area contributed by atoms with Crippen LogP contribution in [-0.2, 0) is 14.4 Å². The molecule has 1 saturated heterocycles. The summed E-state index contributed by atoms with van der Waals surface area (Å²) < 4.78 is 40.4. The van der Waals surface area contributed by atoms with Crippen LogP contribution in [0.4, 0.5) is 8.78 Å². The standard InChI is InChI=1S/C17H19F2NO6/c1-2-12(15(21)22)24-14-7-10(3-4-13(14)25-16(18)19)11-8-17(26-20-11)5-6-23-9-17/h3-4,7,12,16H,2,5-6,8-9H2,1H3,(H,21,22). The van der Waals surface area contributed by atoms with Crippen LogP contribution in [0.3, 0.4) is 0 Å². The van der Waals surface area contributed by atoms with Crippen LogP contribution in [-0.4, -0.2) is 48.3 Å². The van der Waals surface area contributed by atoms with Crippen molar-refractivity contribution in [3.63, 3.8) is 0 Å². The minimum absolute atomic E-state index is 0.0802. The molecule has 1 spiro atoms. The largest absolute Gasteiger partial charge is 0.479 e. The topological polar surface area (TPSA) is 86.6 Å². The Balaban J connectivity index is 1.85. The fraction of sp³-hybridized carbons (Fsp3) is 0.529. The van der Waals surface area contributed by atoms with Gasteiger partial charge in [-0.3, -0.25) is 0 Å². The molecule has 1 aromatic carbocycles. The lowest BCUT2D eigenvalue weighted by Gasteiger charge is -2.18. The average Bonchev–Trinajstić information content (AvgIpc) is 3.23. The maximum absolute atomic E-state index is 12.6. The van der Waals surface area contributed by atoms with E-state index in [1.54, 1.807) is 13.0 Å². The van der Waals surface area contributed by atoms with Gasteiger partial charge in [-0.25, -0.2) is 4.79 Å². The van der Waals surface area contributed by atoms with E-state index in [0.29, 0.717) is 37.3 Å². The van der Waals surface area contributed by atoms with E-state index in [-0.39, 0.29) is 17.9 Å². The van der Waals surface area contributed by atoms with Gasteiger partial charge < -0.3 is 24.2 Å². The van der Waals surface area contributed by atoms with Gasteiger partial charge in [-0.1, -0.05) is 12.1 Å². The van der Waals surface area contributed by atoms with Crippen LogP contribution >= 0.6 is 0 Å². The van der Waals surface area contributed by atoms with Crippen LogP contribution in [0.1, 0.15) is 31.7 Å². The molecule has 2 heterocycles. The van der Waals surface area contributed by atoms with Crippen molar-refractivity contribution in [1.29, 1.82) is 0 Å². The first-order valence-electron chi connectivity index (χ1n) is 8.24. The molecule has 9 heteroatoms. The Hall–Kier alpha value is -2.42. The molecule has 2 atom stereocenters. The van der Waals surface area contributed by atoms with E-state index in [1.807, 2.05) is 0 Å². The molecule has 142 valence electrons. The van der Waals surface area contributed by atoms with E-state index in [4.69, 9.17) is 19.4 Å². The van der Waals surface area contributed by atoms with Gasteiger partial charge in [0.15, 0.2) is 23.2 Å². The molecule has 7 nitrogen and oxygen atoms in total. The highest BCUT2D eigenvalue weighted by molar-refractivity contribution is 6.02. The molecule has 3 rings (SSSR count). The minimum atomic E-state index is -3.06. The Morgan fingerprint density at radius 2 is 2.19 bits per heavy atom. The van der Waals surface area contributed by atoms with E-state index in [0.717, 1.165) is 0 Å². The molecule has 0 saturated carbocycles. The van der Waals surface area contributed by atoms with Gasteiger partial charge in [0.25, 0.3) is 0 Å². The van der Waals surface area contributed by atoms with E-state index in [2.05, 4.69) is 9.89 Å². The van der Waals surface area contributed by atoms with Gasteiger partial charge in [0.05, 0.1) is 18.9 Å². The zero-order valence-electron chi connectivity index (χ0n) is 14.1. The molecule has 0 radical (unpaired) electrons. The molecule has 1 aromatic rings. The molecule has 0 aromatic heterocycles. The van der Waals surface area contributed by atoms with Crippen molar-refractivity contribution in [2.75, 3.05) is 13.2 Å². The SMILES string of the molecule is CCC(Oc1cc(C2=NOC3(CCOC3)C2)ccc1OC(F)F)C(=O)O. The number of ether oxygens (including phenoxy) is 3. The zero-order valence-corrected chi connectivity index (χ0v) is 14.1. The number of oxime groups is 1. The summed E-state index contributed by atoms with van der Waals surface area (Å²) in [5.74, 6) is -1.50. The molecule has 0 aliphatic carbocycles. The number of hydrogen-bond acceptors (Lipinski definition) is 6. The number of alkyl halides is 2. The second-order valence-electron chi connectivity index (χ2n) is 6.18. The Kier molecular flexibility index (Phi) is 5.26. The highest BCUT2D eigenvalue weighted by Crippen LogP contribution is 2.37. The number of carboxylic acids is 1. The first kappa shape index (κ1) is 18.4. The van der Waals surface area contributed by atoms with Crippen LogP contribution < -0.4 is 9.47 Å². The van der Waals surface area contributed by atoms with Gasteiger partial charge in [-0.2, -0.15) is 8.78 Å². The summed E-state index contributed by atoms with van der Waals surface area (Å²) in [7, 11) is 0. The Bertz CT molecular complexity index is 702. The minimum Gasteiger partial charge on any atom is -0.479 e. The fourth-order valence-corrected chi connectivity index (χ4v) is 2.91. The average molecular weight is 371 g/mol. The zero-order chi connectivity index (χ0) is 18.7.